The van der Waals surface area contributed by atoms with Gasteiger partial charge in [0.25, 0.3) is 0 Å². The van der Waals surface area contributed by atoms with Crippen LogP contribution in [0.25, 0.3) is 0 Å². The summed E-state index contributed by atoms with van der Waals surface area (Å²) in [6.45, 7) is 1.93. The molecule has 1 aromatic carbocycles. The van der Waals surface area contributed by atoms with Gasteiger partial charge in [-0.25, -0.2) is 0 Å². The van der Waals surface area contributed by atoms with Crippen LogP contribution in [0.5, 0.6) is 0 Å². The fourth-order valence-electron chi connectivity index (χ4n) is 0.500. The fraction of sp³-hybridized carbons (Fsp3) is 0.143. The van der Waals surface area contributed by atoms with Crippen molar-refractivity contribution in [3.63, 3.8) is 0 Å². The Kier molecular flexibility index (Phi) is 7.13. The van der Waals surface area contributed by atoms with Crippen molar-refractivity contribution < 1.29 is 14.8 Å². The van der Waals surface area contributed by atoms with Crippen LogP contribution in [0.1, 0.15) is 5.56 Å². The van der Waals surface area contributed by atoms with Crippen molar-refractivity contribution in [3.05, 3.63) is 34.9 Å². The summed E-state index contributed by atoms with van der Waals surface area (Å²) in [5, 5.41) is 0.785. The van der Waals surface area contributed by atoms with E-state index in [1.807, 2.05) is 25.1 Å². The summed E-state index contributed by atoms with van der Waals surface area (Å²) in [6, 6.07) is 8.54. The molecule has 1 aromatic rings. The van der Waals surface area contributed by atoms with E-state index in [1.54, 1.807) is 0 Å². The van der Waals surface area contributed by atoms with Crippen LogP contribution in [-0.4, -0.2) is 0 Å². The number of halogens is 2. The SMILES string of the molecule is Cc1[c-]cccc1Cl.[Zn+][I]. The Balaban J connectivity index is 0.000000371. The molecule has 0 radical (unpaired) electrons. The molecule has 0 atom stereocenters. The number of benzene rings is 1. The van der Waals surface area contributed by atoms with Gasteiger partial charge in [-0.15, -0.1) is 5.56 Å². The predicted octanol–water partition coefficient (Wildman–Crippen LogP) is 3.33. The van der Waals surface area contributed by atoms with E-state index in [0.717, 1.165) is 10.6 Å². The van der Waals surface area contributed by atoms with E-state index in [2.05, 4.69) is 25.8 Å². The van der Waals surface area contributed by atoms with Gasteiger partial charge in [0, 0.05) is 0 Å². The third-order valence-corrected chi connectivity index (χ3v) is 1.41. The maximum atomic E-state index is 5.68. The second kappa shape index (κ2) is 6.57. The van der Waals surface area contributed by atoms with Gasteiger partial charge in [0.1, 0.15) is 0 Å². The van der Waals surface area contributed by atoms with Gasteiger partial charge in [0.2, 0.25) is 0 Å². The second-order valence-corrected chi connectivity index (χ2v) is 2.05. The van der Waals surface area contributed by atoms with E-state index in [1.165, 1.54) is 14.8 Å². The summed E-state index contributed by atoms with van der Waals surface area (Å²) in [5.74, 6) is 0. The zero-order valence-corrected chi connectivity index (χ0v) is 11.6. The van der Waals surface area contributed by atoms with Gasteiger partial charge < -0.3 is 0 Å². The van der Waals surface area contributed by atoms with Crippen LogP contribution in [0, 0.1) is 13.0 Å². The Morgan fingerprint density at radius 1 is 1.60 bits per heavy atom. The Hall–Kier alpha value is 0.863. The summed E-state index contributed by atoms with van der Waals surface area (Å²) < 4.78 is 0. The van der Waals surface area contributed by atoms with Crippen LogP contribution in [0.2, 0.25) is 5.02 Å². The molecule has 0 saturated heterocycles. The molecule has 0 nitrogen and oxygen atoms in total. The van der Waals surface area contributed by atoms with Crippen molar-refractivity contribution in [1.82, 2.24) is 0 Å². The van der Waals surface area contributed by atoms with Crippen LogP contribution in [0.3, 0.4) is 0 Å². The molecule has 0 bridgehead atoms. The van der Waals surface area contributed by atoms with Crippen LogP contribution in [0.4, 0.5) is 0 Å². The molecular formula is C7H6ClIZn. The first-order valence-corrected chi connectivity index (χ1v) is 12.1. The van der Waals surface area contributed by atoms with E-state index >= 15 is 0 Å². The minimum absolute atomic E-state index is 0.785. The summed E-state index contributed by atoms with van der Waals surface area (Å²) in [6.07, 6.45) is 0. The average Bonchev–Trinajstić information content (AvgIpc) is 2.00. The molecular weight excluding hydrogens is 312 g/mol. The van der Waals surface area contributed by atoms with Crippen molar-refractivity contribution in [2.24, 2.45) is 0 Å². The van der Waals surface area contributed by atoms with Gasteiger partial charge in [-0.3, -0.25) is 0 Å². The van der Waals surface area contributed by atoms with Gasteiger partial charge in [0.15, 0.2) is 0 Å². The van der Waals surface area contributed by atoms with E-state index in [4.69, 9.17) is 11.6 Å². The number of hydrogen-bond acceptors (Lipinski definition) is 0. The third kappa shape index (κ3) is 3.89. The molecule has 0 spiro atoms. The molecule has 0 heterocycles. The Morgan fingerprint density at radius 2 is 2.20 bits per heavy atom. The van der Waals surface area contributed by atoms with Gasteiger partial charge in [0.05, 0.1) is 0 Å². The molecule has 0 aliphatic carbocycles. The first kappa shape index (κ1) is 10.9. The van der Waals surface area contributed by atoms with E-state index in [9.17, 15) is 0 Å². The molecule has 0 aliphatic rings. The summed E-state index contributed by atoms with van der Waals surface area (Å²) >= 11 is 9.30. The van der Waals surface area contributed by atoms with E-state index in [0.29, 0.717) is 0 Å². The Morgan fingerprint density at radius 3 is 2.50 bits per heavy atom. The first-order valence-electron chi connectivity index (χ1n) is 2.70. The van der Waals surface area contributed by atoms with Gasteiger partial charge >= 0.3 is 34.5 Å². The van der Waals surface area contributed by atoms with Crippen LogP contribution in [-0.2, 0) is 14.8 Å². The predicted molar refractivity (Wildman–Crippen MR) is 49.0 cm³/mol. The summed E-state index contributed by atoms with van der Waals surface area (Å²) in [7, 11) is 0. The molecule has 0 fully saturated rings. The molecule has 1 rings (SSSR count). The topological polar surface area (TPSA) is 0 Å². The van der Waals surface area contributed by atoms with Crippen molar-refractivity contribution in [3.8, 4) is 0 Å². The zero-order chi connectivity index (χ0) is 7.98. The molecule has 0 amide bonds. The Labute approximate surface area is 87.2 Å². The van der Waals surface area contributed by atoms with Gasteiger partial charge in [-0.05, 0) is 0 Å². The third-order valence-electron chi connectivity index (χ3n) is 0.997. The molecule has 0 N–H and O–H groups in total. The van der Waals surface area contributed by atoms with Crippen molar-refractivity contribution in [2.45, 2.75) is 6.92 Å². The number of aryl methyl sites for hydroxylation is 1. The summed E-state index contributed by atoms with van der Waals surface area (Å²) in [4.78, 5) is 0. The van der Waals surface area contributed by atoms with E-state index in [-0.39, 0.29) is 0 Å². The van der Waals surface area contributed by atoms with E-state index < -0.39 is 0 Å². The normalized spacial score (nSPS) is 8.10. The molecule has 0 unspecified atom stereocenters. The molecule has 50 valence electrons. The molecule has 0 aromatic heterocycles. The van der Waals surface area contributed by atoms with Crippen LogP contribution >= 0.6 is 31.4 Å². The van der Waals surface area contributed by atoms with Crippen molar-refractivity contribution in [1.29, 1.82) is 0 Å². The average molecular weight is 318 g/mol. The Bertz CT molecular complexity index is 170. The summed E-state index contributed by atoms with van der Waals surface area (Å²) in [5.41, 5.74) is 1.01. The number of rotatable bonds is 0. The molecule has 0 aliphatic heterocycles. The molecule has 0 saturated carbocycles. The van der Waals surface area contributed by atoms with Crippen molar-refractivity contribution in [2.75, 3.05) is 0 Å². The van der Waals surface area contributed by atoms with Crippen molar-refractivity contribution >= 4 is 31.4 Å². The van der Waals surface area contributed by atoms with Crippen LogP contribution < -0.4 is 0 Å². The van der Waals surface area contributed by atoms with Gasteiger partial charge in [-0.1, -0.05) is 11.9 Å². The minimum atomic E-state index is 0.785. The van der Waals surface area contributed by atoms with Crippen LogP contribution in [0.15, 0.2) is 18.2 Å². The standard InChI is InChI=1S/C7H6Cl.HI.Zn/c1-6-4-2-3-5-7(6)8;;/h2-3,5H,1H3;1H;/q-1;;+2/p-1. The fourth-order valence-corrected chi connectivity index (χ4v) is 0.627. The first-order chi connectivity index (χ1) is 4.80. The monoisotopic (exact) mass is 316 g/mol. The van der Waals surface area contributed by atoms with Gasteiger partial charge in [-0.2, -0.15) is 35.9 Å². The second-order valence-electron chi connectivity index (χ2n) is 1.64. The number of hydrogen-bond donors (Lipinski definition) is 0. The molecule has 3 heteroatoms. The quantitative estimate of drug-likeness (QED) is 0.391. The zero-order valence-electron chi connectivity index (χ0n) is 5.70. The maximum absolute atomic E-state index is 5.68. The molecule has 10 heavy (non-hydrogen) atoms.